The summed E-state index contributed by atoms with van der Waals surface area (Å²) in [7, 11) is 0. The zero-order valence-electron chi connectivity index (χ0n) is 12.1. The summed E-state index contributed by atoms with van der Waals surface area (Å²) in [5.74, 6) is -0.281. The van der Waals surface area contributed by atoms with Gasteiger partial charge in [-0.05, 0) is 42.8 Å². The number of rotatable bonds is 3. The highest BCUT2D eigenvalue weighted by Crippen LogP contribution is 2.27. The topological polar surface area (TPSA) is 42.0 Å². The largest absolute Gasteiger partial charge is 0.298 e. The van der Waals surface area contributed by atoms with Crippen molar-refractivity contribution in [3.63, 3.8) is 0 Å². The van der Waals surface area contributed by atoms with Gasteiger partial charge in [0.1, 0.15) is 0 Å². The third-order valence-corrected chi connectivity index (χ3v) is 4.77. The van der Waals surface area contributed by atoms with Crippen molar-refractivity contribution >= 4 is 61.9 Å². The minimum absolute atomic E-state index is 0.281. The van der Waals surface area contributed by atoms with E-state index >= 15 is 0 Å². The summed E-state index contributed by atoms with van der Waals surface area (Å²) in [6.07, 6.45) is 2.99. The molecule has 3 nitrogen and oxygen atoms in total. The Labute approximate surface area is 147 Å². The molecule has 0 saturated heterocycles. The maximum atomic E-state index is 12.0. The van der Waals surface area contributed by atoms with Crippen molar-refractivity contribution in [3.05, 3.63) is 63.6 Å². The first kappa shape index (κ1) is 16.0. The first-order valence-corrected chi connectivity index (χ1v) is 8.40. The molecule has 23 heavy (non-hydrogen) atoms. The molecule has 2 aromatic carbocycles. The van der Waals surface area contributed by atoms with Crippen LogP contribution in [0.25, 0.3) is 16.3 Å². The lowest BCUT2D eigenvalue weighted by atomic mass is 10.2. The van der Waals surface area contributed by atoms with Gasteiger partial charge in [-0.3, -0.25) is 10.1 Å². The van der Waals surface area contributed by atoms with Gasteiger partial charge in [0, 0.05) is 21.7 Å². The number of fused-ring (bicyclic) bond motifs is 1. The standard InChI is InChI=1S/C17H12Cl2N2OS/c1-10-5-7-14-15(9-10)23-17(20-14)21-16(22)8-6-11-12(18)3-2-4-13(11)19/h2-9H,1H3,(H,20,21,22). The molecular formula is C17H12Cl2N2OS. The van der Waals surface area contributed by atoms with Crippen molar-refractivity contribution in [1.29, 1.82) is 0 Å². The molecule has 0 atom stereocenters. The van der Waals surface area contributed by atoms with E-state index in [1.165, 1.54) is 17.4 Å². The zero-order valence-corrected chi connectivity index (χ0v) is 14.5. The Morgan fingerprint density at radius 3 is 2.70 bits per heavy atom. The molecule has 0 spiro atoms. The van der Waals surface area contributed by atoms with E-state index < -0.39 is 0 Å². The number of nitrogens with one attached hydrogen (secondary N) is 1. The number of halogens is 2. The monoisotopic (exact) mass is 362 g/mol. The number of aryl methyl sites for hydroxylation is 1. The molecule has 0 unspecified atom stereocenters. The molecule has 6 heteroatoms. The molecule has 1 amide bonds. The zero-order chi connectivity index (χ0) is 16.4. The quantitative estimate of drug-likeness (QED) is 0.619. The summed E-state index contributed by atoms with van der Waals surface area (Å²) in [5.41, 5.74) is 2.65. The Morgan fingerprint density at radius 1 is 1.22 bits per heavy atom. The van der Waals surface area contributed by atoms with Crippen LogP contribution in [0.2, 0.25) is 10.0 Å². The average Bonchev–Trinajstić information content (AvgIpc) is 2.88. The van der Waals surface area contributed by atoms with Crippen LogP contribution in [0.3, 0.4) is 0 Å². The second-order valence-corrected chi connectivity index (χ2v) is 6.79. The van der Waals surface area contributed by atoms with E-state index in [1.54, 1.807) is 24.3 Å². The van der Waals surface area contributed by atoms with Crippen molar-refractivity contribution < 1.29 is 4.79 Å². The van der Waals surface area contributed by atoms with Crippen molar-refractivity contribution in [2.24, 2.45) is 0 Å². The van der Waals surface area contributed by atoms with E-state index in [0.29, 0.717) is 20.7 Å². The normalized spacial score (nSPS) is 11.3. The van der Waals surface area contributed by atoms with Crippen molar-refractivity contribution in [1.82, 2.24) is 4.98 Å². The second-order valence-electron chi connectivity index (χ2n) is 4.95. The summed E-state index contributed by atoms with van der Waals surface area (Å²) >= 11 is 13.6. The first-order valence-electron chi connectivity index (χ1n) is 6.83. The predicted molar refractivity (Wildman–Crippen MR) is 98.5 cm³/mol. The van der Waals surface area contributed by atoms with Crippen LogP contribution in [0.15, 0.2) is 42.5 Å². The highest BCUT2D eigenvalue weighted by Gasteiger charge is 2.07. The molecule has 0 bridgehead atoms. The number of hydrogen-bond donors (Lipinski definition) is 1. The lowest BCUT2D eigenvalue weighted by Gasteiger charge is -2.00. The molecule has 1 N–H and O–H groups in total. The van der Waals surface area contributed by atoms with Gasteiger partial charge >= 0.3 is 0 Å². The van der Waals surface area contributed by atoms with E-state index in [9.17, 15) is 4.79 Å². The third kappa shape index (κ3) is 3.72. The fraction of sp³-hybridized carbons (Fsp3) is 0.0588. The van der Waals surface area contributed by atoms with Gasteiger partial charge in [0.05, 0.1) is 10.2 Å². The molecule has 116 valence electrons. The lowest BCUT2D eigenvalue weighted by Crippen LogP contribution is -2.07. The number of aromatic nitrogens is 1. The fourth-order valence-corrected chi connectivity index (χ4v) is 3.55. The van der Waals surface area contributed by atoms with Crippen LogP contribution < -0.4 is 5.32 Å². The molecule has 0 aliphatic rings. The smallest absolute Gasteiger partial charge is 0.250 e. The number of amides is 1. The van der Waals surface area contributed by atoms with Crippen LogP contribution in [0.1, 0.15) is 11.1 Å². The van der Waals surface area contributed by atoms with Gasteiger partial charge in [-0.2, -0.15) is 0 Å². The Morgan fingerprint density at radius 2 is 1.96 bits per heavy atom. The van der Waals surface area contributed by atoms with Crippen molar-refractivity contribution in [2.45, 2.75) is 6.92 Å². The summed E-state index contributed by atoms with van der Waals surface area (Å²) in [4.78, 5) is 16.4. The van der Waals surface area contributed by atoms with Gasteiger partial charge in [-0.15, -0.1) is 0 Å². The number of carbonyl (C=O) groups is 1. The van der Waals surface area contributed by atoms with Gasteiger partial charge in [-0.25, -0.2) is 4.98 Å². The molecule has 0 saturated carbocycles. The number of hydrogen-bond acceptors (Lipinski definition) is 3. The number of nitrogens with zero attached hydrogens (tertiary/aromatic N) is 1. The SMILES string of the molecule is Cc1ccc2nc(NC(=O)C=Cc3c(Cl)cccc3Cl)sc2c1. The first-order chi connectivity index (χ1) is 11.0. The minimum atomic E-state index is -0.281. The van der Waals surface area contributed by atoms with E-state index in [4.69, 9.17) is 23.2 Å². The molecule has 0 aliphatic carbocycles. The summed E-state index contributed by atoms with van der Waals surface area (Å²) in [5, 5.41) is 4.31. The lowest BCUT2D eigenvalue weighted by molar-refractivity contribution is -0.111. The average molecular weight is 363 g/mol. The van der Waals surface area contributed by atoms with E-state index in [0.717, 1.165) is 15.8 Å². The van der Waals surface area contributed by atoms with Gasteiger partial charge in [0.25, 0.3) is 0 Å². The molecule has 1 heterocycles. The highest BCUT2D eigenvalue weighted by atomic mass is 35.5. The van der Waals surface area contributed by atoms with Crippen molar-refractivity contribution in [3.8, 4) is 0 Å². The van der Waals surface area contributed by atoms with E-state index in [-0.39, 0.29) is 5.91 Å². The summed E-state index contributed by atoms with van der Waals surface area (Å²) in [6, 6.07) is 11.2. The van der Waals surface area contributed by atoms with Crippen LogP contribution in [-0.2, 0) is 4.79 Å². The maximum absolute atomic E-state index is 12.0. The van der Waals surface area contributed by atoms with Crippen LogP contribution in [0.5, 0.6) is 0 Å². The van der Waals surface area contributed by atoms with Crippen LogP contribution in [0, 0.1) is 6.92 Å². The Kier molecular flexibility index (Phi) is 4.66. The Bertz CT molecular complexity index is 898. The van der Waals surface area contributed by atoms with Gasteiger partial charge < -0.3 is 0 Å². The highest BCUT2D eigenvalue weighted by molar-refractivity contribution is 7.22. The number of thiazole rings is 1. The van der Waals surface area contributed by atoms with Crippen LogP contribution >= 0.6 is 34.5 Å². The van der Waals surface area contributed by atoms with Crippen LogP contribution in [-0.4, -0.2) is 10.9 Å². The molecule has 1 aromatic heterocycles. The van der Waals surface area contributed by atoms with E-state index in [1.807, 2.05) is 25.1 Å². The van der Waals surface area contributed by atoms with Crippen LogP contribution in [0.4, 0.5) is 5.13 Å². The molecule has 3 rings (SSSR count). The Hall–Kier alpha value is -1.88. The van der Waals surface area contributed by atoms with Gasteiger partial charge in [0.2, 0.25) is 5.91 Å². The second kappa shape index (κ2) is 6.71. The Balaban J connectivity index is 1.77. The van der Waals surface area contributed by atoms with Gasteiger partial charge in [0.15, 0.2) is 5.13 Å². The minimum Gasteiger partial charge on any atom is -0.298 e. The number of anilines is 1. The summed E-state index contributed by atoms with van der Waals surface area (Å²) in [6.45, 7) is 2.02. The number of benzene rings is 2. The predicted octanol–water partition coefficient (Wildman–Crippen LogP) is 5.56. The molecule has 0 fully saturated rings. The molecule has 3 aromatic rings. The van der Waals surface area contributed by atoms with E-state index in [2.05, 4.69) is 10.3 Å². The van der Waals surface area contributed by atoms with Crippen molar-refractivity contribution in [2.75, 3.05) is 5.32 Å². The molecule has 0 aliphatic heterocycles. The number of carbonyl (C=O) groups excluding carboxylic acids is 1. The summed E-state index contributed by atoms with van der Waals surface area (Å²) < 4.78 is 1.04. The maximum Gasteiger partial charge on any atom is 0.250 e. The fourth-order valence-electron chi connectivity index (χ4n) is 2.06. The third-order valence-electron chi connectivity index (χ3n) is 3.18. The van der Waals surface area contributed by atoms with Gasteiger partial charge in [-0.1, -0.05) is 46.7 Å². The molecule has 0 radical (unpaired) electrons. The molecular weight excluding hydrogens is 351 g/mol.